The topological polar surface area (TPSA) is 37.3 Å². The van der Waals surface area contributed by atoms with Crippen molar-refractivity contribution in [3.8, 4) is 5.75 Å². The number of unbranched alkanes of at least 4 members (excludes halogenated alkanes) is 6. The quantitative estimate of drug-likeness (QED) is 0.421. The lowest BCUT2D eigenvalue weighted by Crippen LogP contribution is -2.00. The second-order valence-electron chi connectivity index (χ2n) is 5.90. The number of aryl methyl sites for hydroxylation is 1. The highest BCUT2D eigenvalue weighted by molar-refractivity contribution is 5.98. The Morgan fingerprint density at radius 1 is 0.952 bits per heavy atom. The minimum atomic E-state index is 0.0522. The molecule has 0 heterocycles. The molecule has 0 aliphatic rings. The van der Waals surface area contributed by atoms with Crippen molar-refractivity contribution in [2.24, 2.45) is 0 Å². The van der Waals surface area contributed by atoms with Crippen LogP contribution in [-0.4, -0.2) is 10.9 Å². The lowest BCUT2D eigenvalue weighted by Gasteiger charge is -2.07. The highest BCUT2D eigenvalue weighted by atomic mass is 16.3. The number of rotatable bonds is 11. The van der Waals surface area contributed by atoms with Gasteiger partial charge in [0.15, 0.2) is 5.78 Å². The number of carbonyl (C=O) groups is 1. The van der Waals surface area contributed by atoms with Crippen molar-refractivity contribution in [1.29, 1.82) is 0 Å². The van der Waals surface area contributed by atoms with Crippen LogP contribution in [0.1, 0.15) is 87.6 Å². The fraction of sp³-hybridized carbons (Fsp3) is 0.632. The SMILES string of the molecule is CCCCCCCCCc1ccc(O)c(C(=O)CCC)c1. The summed E-state index contributed by atoms with van der Waals surface area (Å²) in [6.07, 6.45) is 11.4. The van der Waals surface area contributed by atoms with E-state index in [-0.39, 0.29) is 11.5 Å². The van der Waals surface area contributed by atoms with Gasteiger partial charge in [-0.25, -0.2) is 0 Å². The van der Waals surface area contributed by atoms with Crippen LogP contribution in [0.3, 0.4) is 0 Å². The molecule has 21 heavy (non-hydrogen) atoms. The van der Waals surface area contributed by atoms with Gasteiger partial charge in [0.05, 0.1) is 5.56 Å². The molecule has 0 radical (unpaired) electrons. The van der Waals surface area contributed by atoms with Gasteiger partial charge in [0.2, 0.25) is 0 Å². The maximum absolute atomic E-state index is 11.9. The van der Waals surface area contributed by atoms with E-state index >= 15 is 0 Å². The summed E-state index contributed by atoms with van der Waals surface area (Å²) in [7, 11) is 0. The third kappa shape index (κ3) is 6.79. The molecule has 0 fully saturated rings. The Balaban J connectivity index is 2.38. The zero-order chi connectivity index (χ0) is 15.5. The van der Waals surface area contributed by atoms with E-state index < -0.39 is 0 Å². The van der Waals surface area contributed by atoms with Crippen LogP contribution < -0.4 is 0 Å². The number of phenols is 1. The van der Waals surface area contributed by atoms with E-state index in [2.05, 4.69) is 6.92 Å². The summed E-state index contributed by atoms with van der Waals surface area (Å²) in [6.45, 7) is 4.22. The zero-order valence-corrected chi connectivity index (χ0v) is 13.7. The first-order chi connectivity index (χ1) is 10.2. The largest absolute Gasteiger partial charge is 0.507 e. The molecule has 0 spiro atoms. The number of phenolic OH excluding ortho intramolecular Hbond substituents is 1. The lowest BCUT2D eigenvalue weighted by molar-refractivity contribution is 0.0979. The number of hydrogen-bond donors (Lipinski definition) is 1. The lowest BCUT2D eigenvalue weighted by atomic mass is 9.99. The van der Waals surface area contributed by atoms with E-state index in [1.165, 1.54) is 44.1 Å². The van der Waals surface area contributed by atoms with E-state index in [9.17, 15) is 9.90 Å². The van der Waals surface area contributed by atoms with Crippen molar-refractivity contribution < 1.29 is 9.90 Å². The molecule has 2 heteroatoms. The minimum absolute atomic E-state index is 0.0522. The summed E-state index contributed by atoms with van der Waals surface area (Å²) < 4.78 is 0. The fourth-order valence-electron chi connectivity index (χ4n) is 2.61. The molecule has 118 valence electrons. The van der Waals surface area contributed by atoms with Crippen LogP contribution in [0.15, 0.2) is 18.2 Å². The van der Waals surface area contributed by atoms with E-state index in [0.29, 0.717) is 12.0 Å². The van der Waals surface area contributed by atoms with Crippen molar-refractivity contribution in [1.82, 2.24) is 0 Å². The van der Waals surface area contributed by atoms with Crippen LogP contribution in [-0.2, 0) is 6.42 Å². The van der Waals surface area contributed by atoms with E-state index in [1.807, 2.05) is 19.1 Å². The molecular weight excluding hydrogens is 260 g/mol. The van der Waals surface area contributed by atoms with Gasteiger partial charge in [0.1, 0.15) is 5.75 Å². The second-order valence-corrected chi connectivity index (χ2v) is 5.90. The number of hydrogen-bond acceptors (Lipinski definition) is 2. The van der Waals surface area contributed by atoms with E-state index in [1.54, 1.807) is 6.07 Å². The predicted molar refractivity (Wildman–Crippen MR) is 89.0 cm³/mol. The summed E-state index contributed by atoms with van der Waals surface area (Å²) >= 11 is 0. The first-order valence-electron chi connectivity index (χ1n) is 8.54. The second kappa shape index (κ2) is 10.4. The highest BCUT2D eigenvalue weighted by Gasteiger charge is 2.10. The molecule has 1 aromatic rings. The average molecular weight is 290 g/mol. The molecule has 0 amide bonds. The van der Waals surface area contributed by atoms with Gasteiger partial charge < -0.3 is 5.11 Å². The van der Waals surface area contributed by atoms with Gasteiger partial charge in [-0.15, -0.1) is 0 Å². The number of benzene rings is 1. The average Bonchev–Trinajstić information content (AvgIpc) is 2.48. The minimum Gasteiger partial charge on any atom is -0.507 e. The van der Waals surface area contributed by atoms with Gasteiger partial charge in [0, 0.05) is 6.42 Å². The first-order valence-corrected chi connectivity index (χ1v) is 8.54. The van der Waals surface area contributed by atoms with Crippen LogP contribution in [0.5, 0.6) is 5.75 Å². The molecule has 0 atom stereocenters. The summed E-state index contributed by atoms with van der Waals surface area (Å²) in [6, 6.07) is 5.49. The molecule has 0 saturated carbocycles. The maximum atomic E-state index is 11.9. The molecule has 0 unspecified atom stereocenters. The van der Waals surface area contributed by atoms with Crippen LogP contribution in [0.2, 0.25) is 0 Å². The van der Waals surface area contributed by atoms with Gasteiger partial charge in [0.25, 0.3) is 0 Å². The highest BCUT2D eigenvalue weighted by Crippen LogP contribution is 2.22. The molecule has 0 bridgehead atoms. The van der Waals surface area contributed by atoms with Crippen molar-refractivity contribution in [2.75, 3.05) is 0 Å². The molecule has 0 aromatic heterocycles. The standard InChI is InChI=1S/C19H30O2/c1-3-5-6-7-8-9-10-12-16-13-14-19(21)17(15-16)18(20)11-4-2/h13-15,21H,3-12H2,1-2H3. The van der Waals surface area contributed by atoms with Crippen molar-refractivity contribution in [3.05, 3.63) is 29.3 Å². The molecule has 0 saturated heterocycles. The van der Waals surface area contributed by atoms with Gasteiger partial charge in [-0.3, -0.25) is 4.79 Å². The number of carbonyl (C=O) groups excluding carboxylic acids is 1. The van der Waals surface area contributed by atoms with Crippen LogP contribution in [0.25, 0.3) is 0 Å². The Hall–Kier alpha value is -1.31. The monoisotopic (exact) mass is 290 g/mol. The molecule has 1 aromatic carbocycles. The van der Waals surface area contributed by atoms with E-state index in [4.69, 9.17) is 0 Å². The van der Waals surface area contributed by atoms with Crippen molar-refractivity contribution in [2.45, 2.75) is 78.1 Å². The normalized spacial score (nSPS) is 10.8. The van der Waals surface area contributed by atoms with Crippen LogP contribution in [0, 0.1) is 0 Å². The smallest absolute Gasteiger partial charge is 0.166 e. The maximum Gasteiger partial charge on any atom is 0.166 e. The molecule has 2 nitrogen and oxygen atoms in total. The van der Waals surface area contributed by atoms with E-state index in [0.717, 1.165) is 19.3 Å². The van der Waals surface area contributed by atoms with Crippen LogP contribution in [0.4, 0.5) is 0 Å². The molecule has 1 N–H and O–H groups in total. The summed E-state index contributed by atoms with van der Waals surface area (Å²) in [4.78, 5) is 11.9. The Morgan fingerprint density at radius 3 is 2.29 bits per heavy atom. The zero-order valence-electron chi connectivity index (χ0n) is 13.7. The first kappa shape index (κ1) is 17.7. The van der Waals surface area contributed by atoms with Gasteiger partial charge in [-0.1, -0.05) is 58.4 Å². The summed E-state index contributed by atoms with van der Waals surface area (Å²) in [5.74, 6) is 0.174. The van der Waals surface area contributed by atoms with Crippen LogP contribution >= 0.6 is 0 Å². The Morgan fingerprint density at radius 2 is 1.62 bits per heavy atom. The molecular formula is C19H30O2. The molecule has 1 rings (SSSR count). The van der Waals surface area contributed by atoms with Gasteiger partial charge in [-0.05, 0) is 37.0 Å². The fourth-order valence-corrected chi connectivity index (χ4v) is 2.61. The van der Waals surface area contributed by atoms with Crippen molar-refractivity contribution >= 4 is 5.78 Å². The summed E-state index contributed by atoms with van der Waals surface area (Å²) in [5, 5.41) is 9.80. The molecule has 0 aliphatic carbocycles. The van der Waals surface area contributed by atoms with Gasteiger partial charge >= 0.3 is 0 Å². The predicted octanol–water partition coefficient (Wildman–Crippen LogP) is 5.67. The Kier molecular flexibility index (Phi) is 8.80. The third-order valence-corrected chi connectivity index (χ3v) is 3.91. The number of ketones is 1. The van der Waals surface area contributed by atoms with Crippen molar-refractivity contribution in [3.63, 3.8) is 0 Å². The summed E-state index contributed by atoms with van der Waals surface area (Å²) in [5.41, 5.74) is 1.66. The number of aromatic hydroxyl groups is 1. The Bertz CT molecular complexity index is 424. The Labute approximate surface area is 129 Å². The number of Topliss-reactive ketones (excluding diaryl/α,β-unsaturated/α-hetero) is 1. The molecule has 0 aliphatic heterocycles. The van der Waals surface area contributed by atoms with Gasteiger partial charge in [-0.2, -0.15) is 0 Å². The third-order valence-electron chi connectivity index (χ3n) is 3.91.